The van der Waals surface area contributed by atoms with Gasteiger partial charge in [0.15, 0.2) is 0 Å². The van der Waals surface area contributed by atoms with E-state index >= 15 is 0 Å². The molecule has 3 rings (SSSR count). The summed E-state index contributed by atoms with van der Waals surface area (Å²) in [6.07, 6.45) is 0. The number of amides is 1. The maximum Gasteiger partial charge on any atom is 0.255 e. The quantitative estimate of drug-likeness (QED) is 0.788. The fourth-order valence-electron chi connectivity index (χ4n) is 2.84. The lowest BCUT2D eigenvalue weighted by Gasteiger charge is -2.26. The third kappa shape index (κ3) is 4.49. The molecule has 9 heteroatoms. The molecule has 0 unspecified atom stereocenters. The van der Waals surface area contributed by atoms with Gasteiger partial charge in [0.25, 0.3) is 5.91 Å². The van der Waals surface area contributed by atoms with Crippen LogP contribution >= 0.6 is 0 Å². The molecule has 1 heterocycles. The van der Waals surface area contributed by atoms with Crippen LogP contribution in [0, 0.1) is 5.82 Å². The van der Waals surface area contributed by atoms with E-state index in [1.165, 1.54) is 41.7 Å². The molecule has 1 N–H and O–H groups in total. The molecule has 0 bridgehead atoms. The number of nitrogens with zero attached hydrogens (tertiary/aromatic N) is 1. The Morgan fingerprint density at radius 1 is 1.18 bits per heavy atom. The van der Waals surface area contributed by atoms with Crippen molar-refractivity contribution in [2.75, 3.05) is 33.4 Å². The van der Waals surface area contributed by atoms with E-state index in [0.717, 1.165) is 0 Å². The summed E-state index contributed by atoms with van der Waals surface area (Å²) < 4.78 is 50.4. The fourth-order valence-corrected chi connectivity index (χ4v) is 4.28. The van der Waals surface area contributed by atoms with E-state index in [9.17, 15) is 17.6 Å². The highest BCUT2D eigenvalue weighted by atomic mass is 32.2. The molecule has 1 saturated heterocycles. The number of rotatable bonds is 6. The Bertz CT molecular complexity index is 941. The van der Waals surface area contributed by atoms with Gasteiger partial charge < -0.3 is 14.8 Å². The van der Waals surface area contributed by atoms with Gasteiger partial charge in [-0.15, -0.1) is 0 Å². The molecule has 0 radical (unpaired) electrons. The molecular weight excluding hydrogens is 387 g/mol. The van der Waals surface area contributed by atoms with Gasteiger partial charge in [-0.25, -0.2) is 12.8 Å². The van der Waals surface area contributed by atoms with Crippen molar-refractivity contribution in [1.29, 1.82) is 0 Å². The average Bonchev–Trinajstić information content (AvgIpc) is 2.73. The second-order valence-electron chi connectivity index (χ2n) is 6.19. The van der Waals surface area contributed by atoms with Crippen molar-refractivity contribution in [1.82, 2.24) is 9.62 Å². The first kappa shape index (κ1) is 20.2. The summed E-state index contributed by atoms with van der Waals surface area (Å²) in [4.78, 5) is 12.6. The molecule has 7 nitrogen and oxygen atoms in total. The monoisotopic (exact) mass is 408 g/mol. The lowest BCUT2D eigenvalue weighted by molar-refractivity contribution is 0.0730. The first-order chi connectivity index (χ1) is 13.4. The highest BCUT2D eigenvalue weighted by molar-refractivity contribution is 7.89. The van der Waals surface area contributed by atoms with Crippen molar-refractivity contribution in [3.63, 3.8) is 0 Å². The summed E-state index contributed by atoms with van der Waals surface area (Å²) in [5.41, 5.74) is 0.824. The predicted octanol–water partition coefficient (Wildman–Crippen LogP) is 1.79. The Hall–Kier alpha value is -2.49. The Morgan fingerprint density at radius 2 is 1.86 bits per heavy atom. The van der Waals surface area contributed by atoms with E-state index in [1.807, 2.05) is 0 Å². The van der Waals surface area contributed by atoms with E-state index in [0.29, 0.717) is 18.8 Å². The SMILES string of the molecule is COc1ccc(S(=O)(=O)N2CCOCC2)cc1C(=O)NCc1ccc(F)cc1. The van der Waals surface area contributed by atoms with Crippen LogP contribution in [0.3, 0.4) is 0 Å². The minimum atomic E-state index is -3.74. The zero-order valence-corrected chi connectivity index (χ0v) is 16.2. The van der Waals surface area contributed by atoms with Gasteiger partial charge in [0.1, 0.15) is 11.6 Å². The largest absolute Gasteiger partial charge is 0.496 e. The summed E-state index contributed by atoms with van der Waals surface area (Å²) >= 11 is 0. The van der Waals surface area contributed by atoms with Crippen LogP contribution in [0.4, 0.5) is 4.39 Å². The number of hydrogen-bond acceptors (Lipinski definition) is 5. The third-order valence-electron chi connectivity index (χ3n) is 4.39. The summed E-state index contributed by atoms with van der Waals surface area (Å²) in [7, 11) is -2.33. The molecule has 0 aromatic heterocycles. The lowest BCUT2D eigenvalue weighted by Crippen LogP contribution is -2.40. The maximum absolute atomic E-state index is 13.0. The Morgan fingerprint density at radius 3 is 2.50 bits per heavy atom. The first-order valence-corrected chi connectivity index (χ1v) is 10.1. The minimum absolute atomic E-state index is 0.0159. The molecule has 0 atom stereocenters. The van der Waals surface area contributed by atoms with E-state index in [4.69, 9.17) is 9.47 Å². The van der Waals surface area contributed by atoms with Crippen molar-refractivity contribution in [2.24, 2.45) is 0 Å². The van der Waals surface area contributed by atoms with Crippen molar-refractivity contribution in [2.45, 2.75) is 11.4 Å². The van der Waals surface area contributed by atoms with Gasteiger partial charge in [-0.3, -0.25) is 4.79 Å². The fraction of sp³-hybridized carbons (Fsp3) is 0.316. The smallest absolute Gasteiger partial charge is 0.255 e. The molecule has 2 aromatic rings. The Kier molecular flexibility index (Phi) is 6.28. The van der Waals surface area contributed by atoms with Crippen LogP contribution in [0.5, 0.6) is 5.75 Å². The molecule has 1 amide bonds. The molecule has 0 spiro atoms. The number of carbonyl (C=O) groups is 1. The zero-order chi connectivity index (χ0) is 20.1. The van der Waals surface area contributed by atoms with Crippen LogP contribution in [-0.2, 0) is 21.3 Å². The number of morpholine rings is 1. The standard InChI is InChI=1S/C19H21FN2O5S/c1-26-18-7-6-16(28(24,25)22-8-10-27-11-9-22)12-17(18)19(23)21-13-14-2-4-15(20)5-3-14/h2-7,12H,8-11,13H2,1H3,(H,21,23). The van der Waals surface area contributed by atoms with Gasteiger partial charge >= 0.3 is 0 Å². The molecule has 0 saturated carbocycles. The van der Waals surface area contributed by atoms with Crippen molar-refractivity contribution in [3.05, 3.63) is 59.4 Å². The second-order valence-corrected chi connectivity index (χ2v) is 8.13. The summed E-state index contributed by atoms with van der Waals surface area (Å²) in [5.74, 6) is -0.587. The number of benzene rings is 2. The number of halogens is 1. The normalized spacial score (nSPS) is 15.2. The van der Waals surface area contributed by atoms with Gasteiger partial charge in [0.05, 0.1) is 30.8 Å². The molecule has 2 aromatic carbocycles. The minimum Gasteiger partial charge on any atom is -0.496 e. The summed E-state index contributed by atoms with van der Waals surface area (Å²) in [6.45, 7) is 1.37. The lowest BCUT2D eigenvalue weighted by atomic mass is 10.1. The van der Waals surface area contributed by atoms with Crippen molar-refractivity contribution >= 4 is 15.9 Å². The van der Waals surface area contributed by atoms with Crippen LogP contribution in [0.25, 0.3) is 0 Å². The molecule has 1 aliphatic rings. The highest BCUT2D eigenvalue weighted by Crippen LogP contribution is 2.25. The molecule has 0 aliphatic carbocycles. The number of hydrogen-bond donors (Lipinski definition) is 1. The van der Waals surface area contributed by atoms with Crippen molar-refractivity contribution in [3.8, 4) is 5.75 Å². The Balaban J connectivity index is 1.82. The van der Waals surface area contributed by atoms with Gasteiger partial charge in [0, 0.05) is 19.6 Å². The molecule has 28 heavy (non-hydrogen) atoms. The molecule has 1 aliphatic heterocycles. The molecular formula is C19H21FN2O5S. The number of methoxy groups -OCH3 is 1. The van der Waals surface area contributed by atoms with Crippen LogP contribution in [0.15, 0.2) is 47.4 Å². The maximum atomic E-state index is 13.0. The van der Waals surface area contributed by atoms with E-state index < -0.39 is 15.9 Å². The van der Waals surface area contributed by atoms with E-state index in [2.05, 4.69) is 5.32 Å². The van der Waals surface area contributed by atoms with Crippen LogP contribution in [0.1, 0.15) is 15.9 Å². The highest BCUT2D eigenvalue weighted by Gasteiger charge is 2.28. The summed E-state index contributed by atoms with van der Waals surface area (Å²) in [6, 6.07) is 9.91. The third-order valence-corrected chi connectivity index (χ3v) is 6.28. The van der Waals surface area contributed by atoms with Gasteiger partial charge in [-0.2, -0.15) is 4.31 Å². The molecule has 150 valence electrons. The van der Waals surface area contributed by atoms with Gasteiger partial charge in [0.2, 0.25) is 10.0 Å². The average molecular weight is 408 g/mol. The van der Waals surface area contributed by atoms with E-state index in [-0.39, 0.29) is 41.7 Å². The topological polar surface area (TPSA) is 84.9 Å². The summed E-state index contributed by atoms with van der Waals surface area (Å²) in [5, 5.41) is 2.70. The second kappa shape index (κ2) is 8.68. The van der Waals surface area contributed by atoms with Crippen molar-refractivity contribution < 1.29 is 27.1 Å². The number of sulfonamides is 1. The zero-order valence-electron chi connectivity index (χ0n) is 15.4. The van der Waals surface area contributed by atoms with E-state index in [1.54, 1.807) is 12.1 Å². The van der Waals surface area contributed by atoms with Gasteiger partial charge in [-0.05, 0) is 35.9 Å². The number of carbonyl (C=O) groups excluding carboxylic acids is 1. The van der Waals surface area contributed by atoms with Gasteiger partial charge in [-0.1, -0.05) is 12.1 Å². The molecule has 1 fully saturated rings. The predicted molar refractivity (Wildman–Crippen MR) is 100 cm³/mol. The first-order valence-electron chi connectivity index (χ1n) is 8.70. The van der Waals surface area contributed by atoms with Crippen LogP contribution in [-0.4, -0.2) is 52.0 Å². The van der Waals surface area contributed by atoms with Crippen LogP contribution < -0.4 is 10.1 Å². The Labute approximate surface area is 163 Å². The number of ether oxygens (including phenoxy) is 2. The number of nitrogens with one attached hydrogen (secondary N) is 1. The van der Waals surface area contributed by atoms with Crippen LogP contribution in [0.2, 0.25) is 0 Å².